The number of aliphatic hydroxyl groups is 1. The van der Waals surface area contributed by atoms with Crippen LogP contribution in [0.4, 0.5) is 0 Å². The van der Waals surface area contributed by atoms with Crippen LogP contribution in [0.25, 0.3) is 11.1 Å². The Labute approximate surface area is 167 Å². The number of amides is 1. The first-order valence-electron chi connectivity index (χ1n) is 9.85. The highest BCUT2D eigenvalue weighted by atomic mass is 16.5. The van der Waals surface area contributed by atoms with Crippen LogP contribution < -0.4 is 5.32 Å². The molecule has 1 amide bonds. The molecule has 0 saturated carbocycles. The standard InChI is InChI=1S/C23H30N2O3/c1-16(2)25(22(27)15-28-3)13-20-23(21(14-26)24-20)19-11-9-18(10-12-19)17-7-5-4-6-8-17/h4-12,16,20-21,23-24,26H,13-15H2,1-3H3/t20-,21-,23+/m0/s1. The van der Waals surface area contributed by atoms with Gasteiger partial charge >= 0.3 is 0 Å². The lowest BCUT2D eigenvalue weighted by Crippen LogP contribution is -2.65. The second kappa shape index (κ2) is 9.32. The molecule has 3 rings (SSSR count). The Morgan fingerprint density at radius 3 is 2.29 bits per heavy atom. The summed E-state index contributed by atoms with van der Waals surface area (Å²) in [7, 11) is 1.54. The molecule has 2 N–H and O–H groups in total. The topological polar surface area (TPSA) is 61.8 Å². The van der Waals surface area contributed by atoms with Gasteiger partial charge in [0, 0.05) is 37.7 Å². The molecule has 2 aromatic carbocycles. The van der Waals surface area contributed by atoms with Crippen molar-refractivity contribution >= 4 is 5.91 Å². The molecule has 1 aliphatic rings. The average Bonchev–Trinajstić information content (AvgIpc) is 2.68. The van der Waals surface area contributed by atoms with Crippen LogP contribution in [0.15, 0.2) is 54.6 Å². The van der Waals surface area contributed by atoms with E-state index >= 15 is 0 Å². The molecule has 0 unspecified atom stereocenters. The van der Waals surface area contributed by atoms with Gasteiger partial charge in [-0.25, -0.2) is 0 Å². The lowest BCUT2D eigenvalue weighted by Gasteiger charge is -2.48. The molecule has 0 radical (unpaired) electrons. The second-order valence-corrected chi connectivity index (χ2v) is 7.65. The summed E-state index contributed by atoms with van der Waals surface area (Å²) < 4.78 is 5.03. The van der Waals surface area contributed by atoms with Crippen molar-refractivity contribution in [2.75, 3.05) is 26.9 Å². The van der Waals surface area contributed by atoms with Crippen LogP contribution in [0.5, 0.6) is 0 Å². The Morgan fingerprint density at radius 1 is 1.07 bits per heavy atom. The summed E-state index contributed by atoms with van der Waals surface area (Å²) >= 11 is 0. The van der Waals surface area contributed by atoms with Crippen LogP contribution in [-0.2, 0) is 9.53 Å². The molecule has 1 fully saturated rings. The monoisotopic (exact) mass is 382 g/mol. The van der Waals surface area contributed by atoms with E-state index in [2.05, 4.69) is 41.7 Å². The van der Waals surface area contributed by atoms with Gasteiger partial charge in [0.2, 0.25) is 5.91 Å². The van der Waals surface area contributed by atoms with E-state index in [0.717, 1.165) is 0 Å². The summed E-state index contributed by atoms with van der Waals surface area (Å²) in [5.74, 6) is 0.163. The first kappa shape index (κ1) is 20.5. The summed E-state index contributed by atoms with van der Waals surface area (Å²) in [6.45, 7) is 4.79. The highest BCUT2D eigenvalue weighted by Gasteiger charge is 2.42. The lowest BCUT2D eigenvalue weighted by molar-refractivity contribution is -0.138. The number of nitrogens with one attached hydrogen (secondary N) is 1. The largest absolute Gasteiger partial charge is 0.395 e. The van der Waals surface area contributed by atoms with Crippen LogP contribution in [0.1, 0.15) is 25.3 Å². The maximum atomic E-state index is 12.4. The van der Waals surface area contributed by atoms with E-state index in [-0.39, 0.29) is 43.2 Å². The predicted octanol–water partition coefficient (Wildman–Crippen LogP) is 2.65. The molecule has 1 saturated heterocycles. The molecular weight excluding hydrogens is 352 g/mol. The van der Waals surface area contributed by atoms with Crippen molar-refractivity contribution in [2.24, 2.45) is 0 Å². The van der Waals surface area contributed by atoms with Gasteiger partial charge in [-0.1, -0.05) is 54.6 Å². The molecule has 2 aromatic rings. The summed E-state index contributed by atoms with van der Waals surface area (Å²) in [4.78, 5) is 14.2. The minimum absolute atomic E-state index is 0.00933. The normalized spacial score (nSPS) is 21.4. The van der Waals surface area contributed by atoms with E-state index in [1.165, 1.54) is 23.8 Å². The number of benzene rings is 2. The van der Waals surface area contributed by atoms with Gasteiger partial charge in [0.05, 0.1) is 6.61 Å². The summed E-state index contributed by atoms with van der Waals surface area (Å²) in [5, 5.41) is 13.2. The number of hydrogen-bond donors (Lipinski definition) is 2. The van der Waals surface area contributed by atoms with Gasteiger partial charge in [-0.15, -0.1) is 0 Å². The van der Waals surface area contributed by atoms with Crippen LogP contribution in [0, 0.1) is 0 Å². The van der Waals surface area contributed by atoms with Crippen molar-refractivity contribution in [3.63, 3.8) is 0 Å². The highest BCUT2D eigenvalue weighted by Crippen LogP contribution is 2.34. The zero-order chi connectivity index (χ0) is 20.1. The molecule has 1 aliphatic heterocycles. The Bertz CT molecular complexity index is 761. The Kier molecular flexibility index (Phi) is 6.83. The summed E-state index contributed by atoms with van der Waals surface area (Å²) in [6.07, 6.45) is 0. The first-order chi connectivity index (χ1) is 13.5. The molecule has 150 valence electrons. The van der Waals surface area contributed by atoms with Gasteiger partial charge in [0.1, 0.15) is 6.61 Å². The average molecular weight is 383 g/mol. The number of methoxy groups -OCH3 is 1. The lowest BCUT2D eigenvalue weighted by atomic mass is 9.77. The fourth-order valence-corrected chi connectivity index (χ4v) is 3.99. The molecule has 0 bridgehead atoms. The van der Waals surface area contributed by atoms with Crippen molar-refractivity contribution in [3.05, 3.63) is 60.2 Å². The number of carbonyl (C=O) groups is 1. The maximum absolute atomic E-state index is 12.4. The van der Waals surface area contributed by atoms with E-state index < -0.39 is 0 Å². The molecule has 0 aliphatic carbocycles. The Hall–Kier alpha value is -2.21. The van der Waals surface area contributed by atoms with E-state index in [1.807, 2.05) is 36.9 Å². The Morgan fingerprint density at radius 2 is 1.71 bits per heavy atom. The number of ether oxygens (including phenoxy) is 1. The SMILES string of the molecule is COCC(=O)N(C[C@@H]1N[C@@H](CO)[C@@H]1c1ccc(-c2ccccc2)cc1)C(C)C. The van der Waals surface area contributed by atoms with Gasteiger partial charge in [0.15, 0.2) is 0 Å². The van der Waals surface area contributed by atoms with Crippen molar-refractivity contribution in [1.82, 2.24) is 10.2 Å². The third-order valence-electron chi connectivity index (χ3n) is 5.50. The molecule has 5 nitrogen and oxygen atoms in total. The summed E-state index contributed by atoms with van der Waals surface area (Å²) in [5.41, 5.74) is 3.55. The fourth-order valence-electron chi connectivity index (χ4n) is 3.99. The predicted molar refractivity (Wildman–Crippen MR) is 111 cm³/mol. The molecule has 5 heteroatoms. The van der Waals surface area contributed by atoms with Crippen LogP contribution in [0.3, 0.4) is 0 Å². The van der Waals surface area contributed by atoms with Gasteiger partial charge in [-0.05, 0) is 30.5 Å². The number of rotatable bonds is 8. The number of carbonyl (C=O) groups excluding carboxylic acids is 1. The van der Waals surface area contributed by atoms with Crippen molar-refractivity contribution in [2.45, 2.75) is 37.9 Å². The van der Waals surface area contributed by atoms with Gasteiger partial charge in [0.25, 0.3) is 0 Å². The third-order valence-corrected chi connectivity index (χ3v) is 5.50. The van der Waals surface area contributed by atoms with Crippen molar-refractivity contribution in [1.29, 1.82) is 0 Å². The highest BCUT2D eigenvalue weighted by molar-refractivity contribution is 5.77. The number of aliphatic hydroxyl groups excluding tert-OH is 1. The number of hydrogen-bond acceptors (Lipinski definition) is 4. The van der Waals surface area contributed by atoms with Crippen LogP contribution in [0.2, 0.25) is 0 Å². The second-order valence-electron chi connectivity index (χ2n) is 7.65. The van der Waals surface area contributed by atoms with E-state index in [4.69, 9.17) is 4.74 Å². The van der Waals surface area contributed by atoms with E-state index in [1.54, 1.807) is 0 Å². The van der Waals surface area contributed by atoms with E-state index in [0.29, 0.717) is 6.54 Å². The third kappa shape index (κ3) is 4.43. The zero-order valence-corrected chi connectivity index (χ0v) is 16.8. The maximum Gasteiger partial charge on any atom is 0.248 e. The minimum atomic E-state index is -0.00933. The van der Waals surface area contributed by atoms with Crippen molar-refractivity contribution < 1.29 is 14.6 Å². The molecule has 0 aromatic heterocycles. The Balaban J connectivity index is 1.75. The quantitative estimate of drug-likeness (QED) is 0.737. The molecule has 3 atom stereocenters. The fraction of sp³-hybridized carbons (Fsp3) is 0.435. The first-order valence-corrected chi connectivity index (χ1v) is 9.85. The molecule has 1 heterocycles. The number of nitrogens with zero attached hydrogens (tertiary/aromatic N) is 1. The zero-order valence-electron chi connectivity index (χ0n) is 16.8. The van der Waals surface area contributed by atoms with Gasteiger partial charge < -0.3 is 20.1 Å². The smallest absolute Gasteiger partial charge is 0.248 e. The minimum Gasteiger partial charge on any atom is -0.395 e. The van der Waals surface area contributed by atoms with Crippen LogP contribution >= 0.6 is 0 Å². The molecule has 0 spiro atoms. The van der Waals surface area contributed by atoms with Gasteiger partial charge in [-0.3, -0.25) is 4.79 Å². The van der Waals surface area contributed by atoms with E-state index in [9.17, 15) is 9.90 Å². The van der Waals surface area contributed by atoms with Crippen LogP contribution in [-0.4, -0.2) is 60.9 Å². The molecular formula is C23H30N2O3. The van der Waals surface area contributed by atoms with Gasteiger partial charge in [-0.2, -0.15) is 0 Å². The van der Waals surface area contributed by atoms with Crippen molar-refractivity contribution in [3.8, 4) is 11.1 Å². The molecule has 28 heavy (non-hydrogen) atoms. The summed E-state index contributed by atoms with van der Waals surface area (Å²) in [6, 6.07) is 19.0.